The zero-order valence-electron chi connectivity index (χ0n) is 13.0. The molecule has 3 rings (SSSR count). The molecule has 0 unspecified atom stereocenters. The molecule has 0 atom stereocenters. The maximum Gasteiger partial charge on any atom is 0.229 e. The fourth-order valence-electron chi connectivity index (χ4n) is 2.53. The van der Waals surface area contributed by atoms with Crippen molar-refractivity contribution < 1.29 is 4.42 Å². The molecule has 0 saturated heterocycles. The van der Waals surface area contributed by atoms with E-state index >= 15 is 0 Å². The molecule has 0 bridgehead atoms. The van der Waals surface area contributed by atoms with E-state index in [9.17, 15) is 0 Å². The SMILES string of the molecule is CCN(CC)c1oc(-c2ccccc2)nc1-c1ccccc1. The van der Waals surface area contributed by atoms with Gasteiger partial charge in [-0.2, -0.15) is 0 Å². The summed E-state index contributed by atoms with van der Waals surface area (Å²) in [4.78, 5) is 6.96. The molecule has 1 heterocycles. The Balaban J connectivity index is 2.13. The smallest absolute Gasteiger partial charge is 0.229 e. The number of rotatable bonds is 5. The highest BCUT2D eigenvalue weighted by atomic mass is 16.4. The van der Waals surface area contributed by atoms with Crippen LogP contribution < -0.4 is 4.90 Å². The molecule has 0 radical (unpaired) electrons. The Morgan fingerprint density at radius 1 is 0.818 bits per heavy atom. The summed E-state index contributed by atoms with van der Waals surface area (Å²) in [5.41, 5.74) is 2.98. The Morgan fingerprint density at radius 3 is 1.91 bits per heavy atom. The molecule has 0 fully saturated rings. The van der Waals surface area contributed by atoms with E-state index in [4.69, 9.17) is 9.40 Å². The van der Waals surface area contributed by atoms with Crippen LogP contribution in [0, 0.1) is 0 Å². The number of anilines is 1. The minimum Gasteiger partial charge on any atom is -0.420 e. The van der Waals surface area contributed by atoms with E-state index in [0.717, 1.165) is 35.8 Å². The van der Waals surface area contributed by atoms with Crippen molar-refractivity contribution in [1.82, 2.24) is 4.98 Å². The molecule has 3 aromatic rings. The van der Waals surface area contributed by atoms with Gasteiger partial charge in [-0.05, 0) is 26.0 Å². The van der Waals surface area contributed by atoms with Crippen LogP contribution in [0.5, 0.6) is 0 Å². The number of hydrogen-bond donors (Lipinski definition) is 0. The highest BCUT2D eigenvalue weighted by Gasteiger charge is 2.19. The topological polar surface area (TPSA) is 29.3 Å². The van der Waals surface area contributed by atoms with Gasteiger partial charge in [0.25, 0.3) is 0 Å². The van der Waals surface area contributed by atoms with E-state index in [0.29, 0.717) is 5.89 Å². The molecule has 3 heteroatoms. The third-order valence-electron chi connectivity index (χ3n) is 3.73. The predicted molar refractivity (Wildman–Crippen MR) is 90.9 cm³/mol. The number of aromatic nitrogens is 1. The maximum atomic E-state index is 6.11. The Labute approximate surface area is 131 Å². The van der Waals surface area contributed by atoms with Crippen molar-refractivity contribution in [3.63, 3.8) is 0 Å². The van der Waals surface area contributed by atoms with Crippen LogP contribution in [-0.2, 0) is 0 Å². The van der Waals surface area contributed by atoms with Crippen LogP contribution in [0.4, 0.5) is 5.88 Å². The average molecular weight is 292 g/mol. The monoisotopic (exact) mass is 292 g/mol. The maximum absolute atomic E-state index is 6.11. The van der Waals surface area contributed by atoms with Crippen LogP contribution in [0.25, 0.3) is 22.7 Å². The van der Waals surface area contributed by atoms with Gasteiger partial charge in [0.15, 0.2) is 0 Å². The molecule has 0 aliphatic rings. The fourth-order valence-corrected chi connectivity index (χ4v) is 2.53. The van der Waals surface area contributed by atoms with Crippen molar-refractivity contribution in [1.29, 1.82) is 0 Å². The summed E-state index contributed by atoms with van der Waals surface area (Å²) >= 11 is 0. The van der Waals surface area contributed by atoms with Gasteiger partial charge in [0, 0.05) is 24.2 Å². The lowest BCUT2D eigenvalue weighted by Crippen LogP contribution is -2.21. The standard InChI is InChI=1S/C19H20N2O/c1-3-21(4-2)19-17(15-11-7-5-8-12-15)20-18(22-19)16-13-9-6-10-14-16/h5-14H,3-4H2,1-2H3. The Morgan fingerprint density at radius 2 is 1.36 bits per heavy atom. The summed E-state index contributed by atoms with van der Waals surface area (Å²) in [5.74, 6) is 1.51. The minimum absolute atomic E-state index is 0.668. The second kappa shape index (κ2) is 6.48. The molecule has 1 aromatic heterocycles. The van der Waals surface area contributed by atoms with Gasteiger partial charge in [-0.1, -0.05) is 48.5 Å². The molecule has 112 valence electrons. The molecule has 0 saturated carbocycles. The molecular weight excluding hydrogens is 272 g/mol. The van der Waals surface area contributed by atoms with Gasteiger partial charge in [-0.25, -0.2) is 4.98 Å². The van der Waals surface area contributed by atoms with Crippen LogP contribution in [0.15, 0.2) is 65.1 Å². The largest absolute Gasteiger partial charge is 0.420 e. The van der Waals surface area contributed by atoms with Crippen molar-refractivity contribution in [2.24, 2.45) is 0 Å². The second-order valence-corrected chi connectivity index (χ2v) is 5.08. The Kier molecular flexibility index (Phi) is 4.24. The van der Waals surface area contributed by atoms with Gasteiger partial charge < -0.3 is 9.32 Å². The molecule has 0 aliphatic heterocycles. The second-order valence-electron chi connectivity index (χ2n) is 5.08. The zero-order valence-corrected chi connectivity index (χ0v) is 13.0. The van der Waals surface area contributed by atoms with E-state index in [-0.39, 0.29) is 0 Å². The van der Waals surface area contributed by atoms with Gasteiger partial charge >= 0.3 is 0 Å². The Hall–Kier alpha value is -2.55. The van der Waals surface area contributed by atoms with Crippen LogP contribution in [0.1, 0.15) is 13.8 Å². The number of nitrogens with zero attached hydrogens (tertiary/aromatic N) is 2. The highest BCUT2D eigenvalue weighted by Crippen LogP contribution is 2.34. The van der Waals surface area contributed by atoms with Crippen LogP contribution in [0.2, 0.25) is 0 Å². The van der Waals surface area contributed by atoms with E-state index in [1.165, 1.54) is 0 Å². The first-order valence-electron chi connectivity index (χ1n) is 7.70. The van der Waals surface area contributed by atoms with Crippen molar-refractivity contribution in [3.05, 3.63) is 60.7 Å². The number of benzene rings is 2. The highest BCUT2D eigenvalue weighted by molar-refractivity contribution is 5.74. The number of oxazole rings is 1. The van der Waals surface area contributed by atoms with E-state index in [1.54, 1.807) is 0 Å². The van der Waals surface area contributed by atoms with Crippen molar-refractivity contribution in [2.75, 3.05) is 18.0 Å². The van der Waals surface area contributed by atoms with Crippen LogP contribution in [0.3, 0.4) is 0 Å². The van der Waals surface area contributed by atoms with Gasteiger partial charge in [-0.3, -0.25) is 0 Å². The first-order valence-corrected chi connectivity index (χ1v) is 7.70. The van der Waals surface area contributed by atoms with E-state index in [1.807, 2.05) is 48.5 Å². The number of hydrogen-bond acceptors (Lipinski definition) is 3. The first-order chi connectivity index (χ1) is 10.8. The molecule has 22 heavy (non-hydrogen) atoms. The zero-order chi connectivity index (χ0) is 15.4. The third kappa shape index (κ3) is 2.75. The summed E-state index contributed by atoms with van der Waals surface area (Å²) in [6, 6.07) is 20.2. The van der Waals surface area contributed by atoms with E-state index in [2.05, 4.69) is 30.9 Å². The lowest BCUT2D eigenvalue weighted by molar-refractivity contribution is 0.557. The Bertz CT molecular complexity index is 716. The third-order valence-corrected chi connectivity index (χ3v) is 3.73. The average Bonchev–Trinajstić information content (AvgIpc) is 3.03. The van der Waals surface area contributed by atoms with Crippen LogP contribution >= 0.6 is 0 Å². The van der Waals surface area contributed by atoms with Gasteiger partial charge in [0.2, 0.25) is 11.8 Å². The summed E-state index contributed by atoms with van der Waals surface area (Å²) in [6.07, 6.45) is 0. The fraction of sp³-hybridized carbons (Fsp3) is 0.211. The van der Waals surface area contributed by atoms with Crippen molar-refractivity contribution >= 4 is 5.88 Å². The molecule has 0 N–H and O–H groups in total. The molecule has 0 aliphatic carbocycles. The molecule has 2 aromatic carbocycles. The molecule has 0 amide bonds. The van der Waals surface area contributed by atoms with Crippen LogP contribution in [-0.4, -0.2) is 18.1 Å². The summed E-state index contributed by atoms with van der Waals surface area (Å²) in [5, 5.41) is 0. The van der Waals surface area contributed by atoms with Gasteiger partial charge in [0.1, 0.15) is 5.69 Å². The lowest BCUT2D eigenvalue weighted by atomic mass is 10.1. The summed E-state index contributed by atoms with van der Waals surface area (Å²) < 4.78 is 6.11. The van der Waals surface area contributed by atoms with E-state index < -0.39 is 0 Å². The first kappa shape index (κ1) is 14.4. The summed E-state index contributed by atoms with van der Waals surface area (Å²) in [6.45, 7) is 6.03. The van der Waals surface area contributed by atoms with Gasteiger partial charge in [0.05, 0.1) is 0 Å². The molecule has 0 spiro atoms. The normalized spacial score (nSPS) is 10.6. The lowest BCUT2D eigenvalue weighted by Gasteiger charge is -2.18. The quantitative estimate of drug-likeness (QED) is 0.673. The molecule has 3 nitrogen and oxygen atoms in total. The minimum atomic E-state index is 0.668. The molecular formula is C19H20N2O. The van der Waals surface area contributed by atoms with Gasteiger partial charge in [-0.15, -0.1) is 0 Å². The predicted octanol–water partition coefficient (Wildman–Crippen LogP) is 4.85. The summed E-state index contributed by atoms with van der Waals surface area (Å²) in [7, 11) is 0. The van der Waals surface area contributed by atoms with Crippen molar-refractivity contribution in [2.45, 2.75) is 13.8 Å². The van der Waals surface area contributed by atoms with Crippen molar-refractivity contribution in [3.8, 4) is 22.7 Å².